The zero-order valence-electron chi connectivity index (χ0n) is 12.2. The van der Waals surface area contributed by atoms with Crippen LogP contribution in [0.15, 0.2) is 22.7 Å². The van der Waals surface area contributed by atoms with Crippen LogP contribution in [0.25, 0.3) is 0 Å². The molecule has 0 aliphatic heterocycles. The third-order valence-corrected chi connectivity index (χ3v) is 5.36. The molecule has 0 fully saturated rings. The number of hydrogen-bond acceptors (Lipinski definition) is 4. The van der Waals surface area contributed by atoms with Crippen molar-refractivity contribution in [2.45, 2.75) is 19.4 Å². The van der Waals surface area contributed by atoms with Gasteiger partial charge in [0.05, 0.1) is 11.4 Å². The maximum atomic E-state index is 13.7. The monoisotopic (exact) mass is 412 g/mol. The minimum absolute atomic E-state index is 0.0121. The molecule has 0 aliphatic carbocycles. The molecule has 0 aromatic heterocycles. The normalized spacial score (nSPS) is 12.9. The van der Waals surface area contributed by atoms with Gasteiger partial charge in [-0.05, 0) is 43.6 Å². The summed E-state index contributed by atoms with van der Waals surface area (Å²) in [7, 11) is -3.52. The fraction of sp³-hybridized carbons (Fsp3) is 0.462. The highest BCUT2D eigenvalue weighted by Gasteiger charge is 2.23. The number of halogens is 2. The number of amides is 1. The zero-order valence-corrected chi connectivity index (χ0v) is 15.4. The van der Waals surface area contributed by atoms with E-state index in [4.69, 9.17) is 0 Å². The van der Waals surface area contributed by atoms with Crippen molar-refractivity contribution in [2.75, 3.05) is 23.1 Å². The first kappa shape index (κ1) is 19.4. The number of carbonyl (C=O) groups excluding carboxylic acids is 1. The molecule has 2 N–H and O–H groups in total. The van der Waals surface area contributed by atoms with E-state index in [1.54, 1.807) is 6.07 Å². The lowest BCUT2D eigenvalue weighted by Crippen LogP contribution is -2.44. The van der Waals surface area contributed by atoms with Crippen molar-refractivity contribution >= 4 is 49.3 Å². The lowest BCUT2D eigenvalue weighted by Gasteiger charge is -2.18. The van der Waals surface area contributed by atoms with E-state index in [1.807, 2.05) is 6.26 Å². The van der Waals surface area contributed by atoms with Crippen molar-refractivity contribution in [3.63, 3.8) is 0 Å². The van der Waals surface area contributed by atoms with Gasteiger partial charge in [-0.3, -0.25) is 4.79 Å². The molecule has 0 saturated carbocycles. The number of thioether (sulfide) groups is 1. The first-order valence-electron chi connectivity index (χ1n) is 6.54. The van der Waals surface area contributed by atoms with E-state index in [-0.39, 0.29) is 11.4 Å². The topological polar surface area (TPSA) is 75.3 Å². The molecule has 0 spiro atoms. The lowest BCUT2D eigenvalue weighted by molar-refractivity contribution is -0.117. The van der Waals surface area contributed by atoms with Crippen molar-refractivity contribution in [1.29, 1.82) is 0 Å². The Morgan fingerprint density at radius 1 is 1.45 bits per heavy atom. The summed E-state index contributed by atoms with van der Waals surface area (Å²) in [5.41, 5.74) is 0.0121. The Morgan fingerprint density at radius 3 is 2.68 bits per heavy atom. The second-order valence-electron chi connectivity index (χ2n) is 4.47. The second kappa shape index (κ2) is 8.85. The summed E-state index contributed by atoms with van der Waals surface area (Å²) in [6.45, 7) is 1.49. The molecule has 1 amide bonds. The Kier molecular flexibility index (Phi) is 7.81. The molecule has 1 unspecified atom stereocenters. The summed E-state index contributed by atoms with van der Waals surface area (Å²) in [5, 5.41) is 2.42. The molecule has 0 heterocycles. The fourth-order valence-corrected chi connectivity index (χ4v) is 3.22. The summed E-state index contributed by atoms with van der Waals surface area (Å²) in [6, 6.07) is 3.30. The summed E-state index contributed by atoms with van der Waals surface area (Å²) in [5.74, 6) is -0.687. The maximum absolute atomic E-state index is 13.7. The van der Waals surface area contributed by atoms with Gasteiger partial charge >= 0.3 is 0 Å². The first-order chi connectivity index (χ1) is 10.3. The van der Waals surface area contributed by atoms with E-state index in [2.05, 4.69) is 26.0 Å². The zero-order chi connectivity index (χ0) is 16.8. The van der Waals surface area contributed by atoms with Crippen LogP contribution in [0.5, 0.6) is 0 Å². The molecular formula is C13H18BrFN2O3S2. The third kappa shape index (κ3) is 6.23. The van der Waals surface area contributed by atoms with Crippen molar-refractivity contribution in [1.82, 2.24) is 4.72 Å². The number of hydrogen-bond donors (Lipinski definition) is 2. The summed E-state index contributed by atoms with van der Waals surface area (Å²) in [6.07, 6.45) is 2.18. The highest BCUT2D eigenvalue weighted by Crippen LogP contribution is 2.19. The van der Waals surface area contributed by atoms with Gasteiger partial charge in [0.1, 0.15) is 11.9 Å². The number of anilines is 1. The summed E-state index contributed by atoms with van der Waals surface area (Å²) in [4.78, 5) is 12.2. The molecule has 0 radical (unpaired) electrons. The number of benzene rings is 1. The molecule has 0 aliphatic rings. The SMILES string of the molecule is CCS(=O)(=O)NC(CCSC)C(=O)Nc1ccc(Br)cc1F. The highest BCUT2D eigenvalue weighted by atomic mass is 79.9. The second-order valence-corrected chi connectivity index (χ2v) is 8.41. The average Bonchev–Trinajstić information content (AvgIpc) is 2.46. The standard InChI is InChI=1S/C13H18BrFN2O3S2/c1-3-22(19,20)17-12(6-7-21-2)13(18)16-11-5-4-9(14)8-10(11)15/h4-5,8,12,17H,3,6-7H2,1-2H3,(H,16,18). The van der Waals surface area contributed by atoms with Crippen molar-refractivity contribution in [2.24, 2.45) is 0 Å². The van der Waals surface area contributed by atoms with Gasteiger partial charge in [0, 0.05) is 4.47 Å². The van der Waals surface area contributed by atoms with Gasteiger partial charge in [-0.2, -0.15) is 11.8 Å². The van der Waals surface area contributed by atoms with Crippen LogP contribution in [0.3, 0.4) is 0 Å². The number of carbonyl (C=O) groups is 1. The van der Waals surface area contributed by atoms with Crippen LogP contribution in [-0.4, -0.2) is 38.1 Å². The predicted octanol–water partition coefficient (Wildman–Crippen LogP) is 2.59. The molecule has 0 saturated heterocycles. The Morgan fingerprint density at radius 2 is 2.14 bits per heavy atom. The van der Waals surface area contributed by atoms with E-state index < -0.39 is 27.8 Å². The summed E-state index contributed by atoms with van der Waals surface area (Å²) < 4.78 is 40.0. The molecule has 22 heavy (non-hydrogen) atoms. The number of nitrogens with one attached hydrogen (secondary N) is 2. The largest absolute Gasteiger partial charge is 0.322 e. The van der Waals surface area contributed by atoms with Gasteiger partial charge in [-0.15, -0.1) is 0 Å². The van der Waals surface area contributed by atoms with E-state index in [0.29, 0.717) is 16.6 Å². The molecule has 0 bridgehead atoms. The van der Waals surface area contributed by atoms with Crippen molar-refractivity contribution in [3.8, 4) is 0 Å². The molecule has 5 nitrogen and oxygen atoms in total. The quantitative estimate of drug-likeness (QED) is 0.687. The van der Waals surface area contributed by atoms with Gasteiger partial charge in [-0.1, -0.05) is 15.9 Å². The fourth-order valence-electron chi connectivity index (χ4n) is 1.59. The molecule has 1 aromatic carbocycles. The van der Waals surface area contributed by atoms with Crippen LogP contribution in [0.4, 0.5) is 10.1 Å². The molecule has 124 valence electrons. The molecule has 1 aromatic rings. The number of rotatable bonds is 8. The molecule has 9 heteroatoms. The van der Waals surface area contributed by atoms with E-state index in [1.165, 1.54) is 30.8 Å². The van der Waals surface area contributed by atoms with Gasteiger partial charge in [-0.25, -0.2) is 17.5 Å². The lowest BCUT2D eigenvalue weighted by atomic mass is 10.2. The Labute approximate surface area is 142 Å². The van der Waals surface area contributed by atoms with Crippen LogP contribution in [-0.2, 0) is 14.8 Å². The van der Waals surface area contributed by atoms with Crippen LogP contribution in [0, 0.1) is 5.82 Å². The van der Waals surface area contributed by atoms with Crippen molar-refractivity contribution < 1.29 is 17.6 Å². The van der Waals surface area contributed by atoms with Crippen LogP contribution in [0.1, 0.15) is 13.3 Å². The third-order valence-electron chi connectivity index (χ3n) is 2.82. The van der Waals surface area contributed by atoms with Crippen LogP contribution >= 0.6 is 27.7 Å². The van der Waals surface area contributed by atoms with Crippen LogP contribution in [0.2, 0.25) is 0 Å². The maximum Gasteiger partial charge on any atom is 0.242 e. The average molecular weight is 413 g/mol. The van der Waals surface area contributed by atoms with E-state index in [0.717, 1.165) is 0 Å². The summed E-state index contributed by atoms with van der Waals surface area (Å²) >= 11 is 4.62. The van der Waals surface area contributed by atoms with Crippen molar-refractivity contribution in [3.05, 3.63) is 28.5 Å². The Hall–Kier alpha value is -0.640. The highest BCUT2D eigenvalue weighted by molar-refractivity contribution is 9.10. The van der Waals surface area contributed by atoms with E-state index in [9.17, 15) is 17.6 Å². The van der Waals surface area contributed by atoms with Gasteiger partial charge in [0.15, 0.2) is 0 Å². The Balaban J connectivity index is 2.86. The molecular weight excluding hydrogens is 395 g/mol. The number of sulfonamides is 1. The Bertz CT molecular complexity index is 626. The van der Waals surface area contributed by atoms with Crippen LogP contribution < -0.4 is 10.0 Å². The minimum Gasteiger partial charge on any atom is -0.322 e. The minimum atomic E-state index is -3.52. The smallest absolute Gasteiger partial charge is 0.242 e. The van der Waals surface area contributed by atoms with E-state index >= 15 is 0 Å². The van der Waals surface area contributed by atoms with Gasteiger partial charge < -0.3 is 5.32 Å². The van der Waals surface area contributed by atoms with Gasteiger partial charge in [0.25, 0.3) is 0 Å². The predicted molar refractivity (Wildman–Crippen MR) is 92.1 cm³/mol. The molecule has 1 rings (SSSR count). The molecule has 1 atom stereocenters. The van der Waals surface area contributed by atoms with Gasteiger partial charge in [0.2, 0.25) is 15.9 Å². The first-order valence-corrected chi connectivity index (χ1v) is 10.4.